The first kappa shape index (κ1) is 29.1. The summed E-state index contributed by atoms with van der Waals surface area (Å²) in [6, 6.07) is 22.3. The van der Waals surface area contributed by atoms with Crippen molar-refractivity contribution in [3.8, 4) is 23.5 Å². The summed E-state index contributed by atoms with van der Waals surface area (Å²) in [5.74, 6) is 3.46. The molecule has 4 nitrogen and oxygen atoms in total. The zero-order valence-electron chi connectivity index (χ0n) is 24.3. The fourth-order valence-corrected chi connectivity index (χ4v) is 5.15. The van der Waals surface area contributed by atoms with Crippen LogP contribution in [0, 0.1) is 19.3 Å². The van der Waals surface area contributed by atoms with Crippen LogP contribution < -0.4 is 10.2 Å². The number of hydrogen-bond donors (Lipinski definition) is 1. The van der Waals surface area contributed by atoms with Crippen molar-refractivity contribution in [1.82, 2.24) is 4.90 Å². The maximum absolute atomic E-state index is 14.9. The van der Waals surface area contributed by atoms with E-state index in [2.05, 4.69) is 64.9 Å². The second-order valence-corrected chi connectivity index (χ2v) is 11.0. The van der Waals surface area contributed by atoms with Gasteiger partial charge in [0.05, 0.1) is 0 Å². The molecule has 1 fully saturated rings. The summed E-state index contributed by atoms with van der Waals surface area (Å²) in [4.78, 5) is 9.39. The topological polar surface area (TPSA) is 30.9 Å². The molecule has 1 aliphatic heterocycles. The molecule has 3 aromatic rings. The number of likely N-dealkylation sites (tertiary alicyclic amines) is 1. The quantitative estimate of drug-likeness (QED) is 0.254. The average molecular weight is 537 g/mol. The standard InChI is InChI=1S/C35H41FN4/c1-7-19-37-32-18-20-39(25-32)21-22-40(27(4)38-31-15-12-26(3)34(24-31)35(5,6)36)33-16-13-29(14-17-33)30-11-9-10-28(8-2)23-30/h2,9-17,23-24,38H,4,7,18-22,25H2,1,3,5-6H3. The van der Waals surface area contributed by atoms with Crippen molar-refractivity contribution in [3.63, 3.8) is 0 Å². The highest BCUT2D eigenvalue weighted by Gasteiger charge is 2.23. The molecule has 0 bridgehead atoms. The van der Waals surface area contributed by atoms with Crippen LogP contribution in [0.15, 0.2) is 84.1 Å². The SMILES string of the molecule is C#Cc1cccc(-c2ccc(N(CCN3CCC(=NCCC)C3)C(=C)Nc3ccc(C)c(C(C)(C)F)c3)cc2)c1. The molecule has 0 amide bonds. The molecule has 0 atom stereocenters. The van der Waals surface area contributed by atoms with Crippen LogP contribution in [0.1, 0.15) is 50.3 Å². The summed E-state index contributed by atoms with van der Waals surface area (Å²) in [6.45, 7) is 16.2. The molecule has 0 aliphatic carbocycles. The highest BCUT2D eigenvalue weighted by Crippen LogP contribution is 2.31. The number of alkyl halides is 1. The number of aliphatic imine (C=N–C) groups is 1. The summed E-state index contributed by atoms with van der Waals surface area (Å²) in [5, 5.41) is 3.45. The van der Waals surface area contributed by atoms with E-state index >= 15 is 0 Å². The Morgan fingerprint density at radius 3 is 2.60 bits per heavy atom. The molecule has 1 heterocycles. The lowest BCUT2D eigenvalue weighted by Crippen LogP contribution is -2.35. The molecule has 208 valence electrons. The van der Waals surface area contributed by atoms with Gasteiger partial charge in [-0.05, 0) is 92.3 Å². The van der Waals surface area contributed by atoms with Gasteiger partial charge >= 0.3 is 0 Å². The summed E-state index contributed by atoms with van der Waals surface area (Å²) in [6.07, 6.45) is 7.72. The molecule has 1 saturated heterocycles. The normalized spacial score (nSPS) is 14.8. The van der Waals surface area contributed by atoms with Crippen LogP contribution in [0.3, 0.4) is 0 Å². The Kier molecular flexibility index (Phi) is 9.45. The Hall–Kier alpha value is -3.88. The number of benzene rings is 3. The van der Waals surface area contributed by atoms with Gasteiger partial charge in [-0.2, -0.15) is 0 Å². The molecule has 0 aromatic heterocycles. The van der Waals surface area contributed by atoms with Crippen molar-refractivity contribution in [1.29, 1.82) is 0 Å². The predicted molar refractivity (Wildman–Crippen MR) is 169 cm³/mol. The van der Waals surface area contributed by atoms with Gasteiger partial charge in [0.25, 0.3) is 0 Å². The van der Waals surface area contributed by atoms with E-state index in [-0.39, 0.29) is 0 Å². The molecule has 1 N–H and O–H groups in total. The summed E-state index contributed by atoms with van der Waals surface area (Å²) >= 11 is 0. The van der Waals surface area contributed by atoms with Gasteiger partial charge in [-0.15, -0.1) is 6.42 Å². The second-order valence-electron chi connectivity index (χ2n) is 11.0. The molecule has 1 aliphatic rings. The Bertz CT molecular complexity index is 1390. The van der Waals surface area contributed by atoms with Crippen molar-refractivity contribution in [2.75, 3.05) is 42.9 Å². The Balaban J connectivity index is 1.56. The van der Waals surface area contributed by atoms with Crippen LogP contribution in [0.4, 0.5) is 15.8 Å². The molecule has 0 saturated carbocycles. The van der Waals surface area contributed by atoms with Crippen LogP contribution in [0.2, 0.25) is 0 Å². The molecule has 0 unspecified atom stereocenters. The van der Waals surface area contributed by atoms with E-state index in [1.54, 1.807) is 13.8 Å². The van der Waals surface area contributed by atoms with Gasteiger partial charge in [0, 0.05) is 55.4 Å². The molecule has 4 rings (SSSR count). The number of terminal acetylenes is 1. The van der Waals surface area contributed by atoms with Gasteiger partial charge < -0.3 is 10.2 Å². The number of halogens is 1. The minimum absolute atomic E-state index is 0.673. The monoisotopic (exact) mass is 536 g/mol. The number of nitrogens with one attached hydrogen (secondary N) is 1. The summed E-state index contributed by atoms with van der Waals surface area (Å²) in [7, 11) is 0. The molecule has 5 heteroatoms. The highest BCUT2D eigenvalue weighted by atomic mass is 19.1. The van der Waals surface area contributed by atoms with Gasteiger partial charge in [-0.3, -0.25) is 9.89 Å². The van der Waals surface area contributed by atoms with Crippen LogP contribution in [-0.4, -0.2) is 43.3 Å². The van der Waals surface area contributed by atoms with Gasteiger partial charge in [-0.25, -0.2) is 4.39 Å². The molecule has 0 radical (unpaired) electrons. The third-order valence-electron chi connectivity index (χ3n) is 7.36. The van der Waals surface area contributed by atoms with E-state index < -0.39 is 5.67 Å². The number of anilines is 2. The summed E-state index contributed by atoms with van der Waals surface area (Å²) in [5.41, 5.74) is 6.37. The van der Waals surface area contributed by atoms with E-state index in [0.717, 1.165) is 85.0 Å². The van der Waals surface area contributed by atoms with Crippen molar-refractivity contribution < 1.29 is 4.39 Å². The fraction of sp³-hybridized carbons (Fsp3) is 0.343. The van der Waals surface area contributed by atoms with Gasteiger partial charge in [-0.1, -0.05) is 49.8 Å². The third kappa shape index (κ3) is 7.40. The lowest BCUT2D eigenvalue weighted by atomic mass is 9.95. The van der Waals surface area contributed by atoms with Gasteiger partial charge in [0.15, 0.2) is 0 Å². The molecular weight excluding hydrogens is 495 g/mol. The van der Waals surface area contributed by atoms with Crippen LogP contribution >= 0.6 is 0 Å². The van der Waals surface area contributed by atoms with Crippen LogP contribution in [0.5, 0.6) is 0 Å². The van der Waals surface area contributed by atoms with E-state index in [4.69, 9.17) is 11.4 Å². The first-order chi connectivity index (χ1) is 19.2. The average Bonchev–Trinajstić information content (AvgIpc) is 3.40. The number of aryl methyl sites for hydroxylation is 1. The van der Waals surface area contributed by atoms with Crippen molar-refractivity contribution in [3.05, 3.63) is 95.8 Å². The third-order valence-corrected chi connectivity index (χ3v) is 7.36. The lowest BCUT2D eigenvalue weighted by molar-refractivity contribution is 0.220. The van der Waals surface area contributed by atoms with E-state index in [9.17, 15) is 4.39 Å². The first-order valence-corrected chi connectivity index (χ1v) is 14.1. The van der Waals surface area contributed by atoms with E-state index in [1.807, 2.05) is 43.3 Å². The maximum Gasteiger partial charge on any atom is 0.130 e. The molecule has 0 spiro atoms. The number of nitrogens with zero attached hydrogens (tertiary/aromatic N) is 3. The Morgan fingerprint density at radius 2 is 1.90 bits per heavy atom. The molecule has 3 aromatic carbocycles. The zero-order chi connectivity index (χ0) is 28.7. The number of hydrogen-bond acceptors (Lipinski definition) is 4. The predicted octanol–water partition coefficient (Wildman–Crippen LogP) is 7.79. The van der Waals surface area contributed by atoms with Gasteiger partial charge in [0.2, 0.25) is 0 Å². The lowest BCUT2D eigenvalue weighted by Gasteiger charge is -2.30. The minimum Gasteiger partial charge on any atom is -0.342 e. The molecular formula is C35H41FN4. The second kappa shape index (κ2) is 13.0. The van der Waals surface area contributed by atoms with Crippen molar-refractivity contribution in [2.24, 2.45) is 4.99 Å². The van der Waals surface area contributed by atoms with Gasteiger partial charge in [0.1, 0.15) is 11.5 Å². The Labute approximate surface area is 239 Å². The van der Waals surface area contributed by atoms with Crippen molar-refractivity contribution in [2.45, 2.75) is 46.2 Å². The Morgan fingerprint density at radius 1 is 1.12 bits per heavy atom. The largest absolute Gasteiger partial charge is 0.342 e. The van der Waals surface area contributed by atoms with Crippen molar-refractivity contribution >= 4 is 17.1 Å². The minimum atomic E-state index is -1.43. The zero-order valence-corrected chi connectivity index (χ0v) is 24.3. The fourth-order valence-electron chi connectivity index (χ4n) is 5.15. The van der Waals surface area contributed by atoms with Crippen LogP contribution in [-0.2, 0) is 5.67 Å². The summed E-state index contributed by atoms with van der Waals surface area (Å²) < 4.78 is 14.9. The molecule has 40 heavy (non-hydrogen) atoms. The van der Waals surface area contributed by atoms with E-state index in [0.29, 0.717) is 5.56 Å². The maximum atomic E-state index is 14.9. The number of rotatable bonds is 11. The first-order valence-electron chi connectivity index (χ1n) is 14.1. The smallest absolute Gasteiger partial charge is 0.130 e. The van der Waals surface area contributed by atoms with Crippen LogP contribution in [0.25, 0.3) is 11.1 Å². The van der Waals surface area contributed by atoms with E-state index in [1.165, 1.54) is 5.71 Å². The highest BCUT2D eigenvalue weighted by molar-refractivity contribution is 5.88.